The minimum Gasteiger partial charge on any atom is -0.462 e. The molecule has 2 fully saturated rings. The fraction of sp³-hybridized carbons (Fsp3) is 0.824. The van der Waals surface area contributed by atoms with E-state index in [1.54, 1.807) is 0 Å². The Morgan fingerprint density at radius 1 is 1.21 bits per heavy atom. The van der Waals surface area contributed by atoms with Crippen molar-refractivity contribution in [3.05, 3.63) is 11.6 Å². The van der Waals surface area contributed by atoms with E-state index in [0.717, 1.165) is 6.42 Å². The molecule has 0 bridgehead atoms. The Bertz CT molecular complexity index is 377. The molecule has 0 heterocycles. The van der Waals surface area contributed by atoms with E-state index < -0.39 is 0 Å². The molecule has 0 aromatic heterocycles. The maximum Gasteiger partial charge on any atom is 0.310 e. The van der Waals surface area contributed by atoms with Gasteiger partial charge in [-0.15, -0.1) is 0 Å². The summed E-state index contributed by atoms with van der Waals surface area (Å²) in [5, 5.41) is 0. The van der Waals surface area contributed by atoms with Gasteiger partial charge in [0.1, 0.15) is 6.10 Å². The second kappa shape index (κ2) is 5.30. The van der Waals surface area contributed by atoms with Gasteiger partial charge in [0, 0.05) is 0 Å². The lowest BCUT2D eigenvalue weighted by Gasteiger charge is -2.28. The second-order valence-electron chi connectivity index (χ2n) is 7.31. The second-order valence-corrected chi connectivity index (χ2v) is 7.31. The van der Waals surface area contributed by atoms with Crippen LogP contribution < -0.4 is 0 Å². The quantitative estimate of drug-likeness (QED) is 0.559. The third kappa shape index (κ3) is 3.04. The minimum atomic E-state index is 0.0336. The Hall–Kier alpha value is -0.790. The number of carbonyl (C=O) groups excluding carboxylic acids is 1. The van der Waals surface area contributed by atoms with Crippen LogP contribution in [-0.4, -0.2) is 12.1 Å². The third-order valence-corrected chi connectivity index (χ3v) is 4.98. The molecule has 2 aliphatic rings. The first kappa shape index (κ1) is 14.6. The van der Waals surface area contributed by atoms with Crippen LogP contribution in [-0.2, 0) is 9.53 Å². The Labute approximate surface area is 117 Å². The Morgan fingerprint density at radius 2 is 1.84 bits per heavy atom. The van der Waals surface area contributed by atoms with Crippen LogP contribution in [0.15, 0.2) is 11.6 Å². The van der Waals surface area contributed by atoms with Gasteiger partial charge in [-0.3, -0.25) is 4.79 Å². The van der Waals surface area contributed by atoms with Gasteiger partial charge in [0.2, 0.25) is 0 Å². The molecule has 0 radical (unpaired) electrons. The zero-order valence-electron chi connectivity index (χ0n) is 13.0. The van der Waals surface area contributed by atoms with E-state index in [1.165, 1.54) is 24.8 Å². The molecule has 0 N–H and O–H groups in total. The Kier molecular flexibility index (Phi) is 4.08. The highest BCUT2D eigenvalue weighted by molar-refractivity contribution is 5.78. The van der Waals surface area contributed by atoms with Crippen LogP contribution in [0.5, 0.6) is 0 Å². The van der Waals surface area contributed by atoms with Gasteiger partial charge in [0.05, 0.1) is 5.92 Å². The van der Waals surface area contributed by atoms with Crippen molar-refractivity contribution in [3.63, 3.8) is 0 Å². The number of rotatable bonds is 3. The molecule has 0 amide bonds. The predicted octanol–water partition coefficient (Wildman–Crippen LogP) is 4.35. The van der Waals surface area contributed by atoms with Gasteiger partial charge >= 0.3 is 5.97 Å². The van der Waals surface area contributed by atoms with E-state index in [1.807, 2.05) is 0 Å². The standard InChI is InChI=1S/C17H28O2/c1-11(2)10-13-15(17(13,4)5)16(18)19-14-9-7-6-8-12(14)3/h10,12-15H,6-9H2,1-5H3. The lowest BCUT2D eigenvalue weighted by atomic mass is 9.88. The molecule has 0 aliphatic heterocycles. The summed E-state index contributed by atoms with van der Waals surface area (Å²) in [5.41, 5.74) is 1.37. The highest BCUT2D eigenvalue weighted by atomic mass is 16.5. The smallest absolute Gasteiger partial charge is 0.310 e. The van der Waals surface area contributed by atoms with E-state index in [4.69, 9.17) is 4.74 Å². The molecule has 2 rings (SSSR count). The van der Waals surface area contributed by atoms with Crippen LogP contribution in [0.4, 0.5) is 0 Å². The molecule has 4 atom stereocenters. The summed E-state index contributed by atoms with van der Waals surface area (Å²) in [5.74, 6) is 0.994. The highest BCUT2D eigenvalue weighted by Crippen LogP contribution is 2.60. The van der Waals surface area contributed by atoms with Crippen LogP contribution >= 0.6 is 0 Å². The highest BCUT2D eigenvalue weighted by Gasteiger charge is 2.61. The zero-order chi connectivity index (χ0) is 14.2. The van der Waals surface area contributed by atoms with Gasteiger partial charge in [-0.25, -0.2) is 0 Å². The lowest BCUT2D eigenvalue weighted by Crippen LogP contribution is -2.29. The van der Waals surface area contributed by atoms with Crippen molar-refractivity contribution < 1.29 is 9.53 Å². The van der Waals surface area contributed by atoms with Gasteiger partial charge in [0.25, 0.3) is 0 Å². The van der Waals surface area contributed by atoms with Crippen molar-refractivity contribution >= 4 is 5.97 Å². The molecule has 2 nitrogen and oxygen atoms in total. The van der Waals surface area contributed by atoms with Crippen molar-refractivity contribution in [2.24, 2.45) is 23.2 Å². The molecular weight excluding hydrogens is 236 g/mol. The van der Waals surface area contributed by atoms with Crippen LogP contribution in [0.3, 0.4) is 0 Å². The van der Waals surface area contributed by atoms with Gasteiger partial charge < -0.3 is 4.74 Å². The maximum absolute atomic E-state index is 12.4. The van der Waals surface area contributed by atoms with Crippen LogP contribution in [0, 0.1) is 23.2 Å². The first-order valence-electron chi connectivity index (χ1n) is 7.69. The minimum absolute atomic E-state index is 0.0336. The summed E-state index contributed by atoms with van der Waals surface area (Å²) in [6.07, 6.45) is 7.12. The summed E-state index contributed by atoms with van der Waals surface area (Å²) in [6.45, 7) is 10.8. The third-order valence-electron chi connectivity index (χ3n) is 4.98. The SMILES string of the molecule is CC(C)=CC1C(C(=O)OC2CCCCC2C)C1(C)C. The average Bonchev–Trinajstić information content (AvgIpc) is 2.82. The van der Waals surface area contributed by atoms with Gasteiger partial charge in [-0.05, 0) is 50.4 Å². The Morgan fingerprint density at radius 3 is 2.42 bits per heavy atom. The zero-order valence-corrected chi connectivity index (χ0v) is 13.0. The summed E-state index contributed by atoms with van der Waals surface area (Å²) >= 11 is 0. The molecule has 108 valence electrons. The predicted molar refractivity (Wildman–Crippen MR) is 77.7 cm³/mol. The van der Waals surface area contributed by atoms with Gasteiger partial charge in [-0.2, -0.15) is 0 Å². The topological polar surface area (TPSA) is 26.3 Å². The summed E-state index contributed by atoms with van der Waals surface area (Å²) in [6, 6.07) is 0. The normalized spacial score (nSPS) is 36.5. The number of carbonyl (C=O) groups is 1. The van der Waals surface area contributed by atoms with Crippen molar-refractivity contribution in [1.29, 1.82) is 0 Å². The molecule has 0 spiro atoms. The lowest BCUT2D eigenvalue weighted by molar-refractivity contribution is -0.155. The van der Waals surface area contributed by atoms with Crippen LogP contribution in [0.2, 0.25) is 0 Å². The average molecular weight is 264 g/mol. The summed E-state index contributed by atoms with van der Waals surface area (Å²) < 4.78 is 5.81. The van der Waals surface area contributed by atoms with Crippen molar-refractivity contribution in [2.75, 3.05) is 0 Å². The number of hydrogen-bond acceptors (Lipinski definition) is 2. The largest absolute Gasteiger partial charge is 0.462 e. The number of hydrogen-bond donors (Lipinski definition) is 0. The number of allylic oxidation sites excluding steroid dienone is 2. The van der Waals surface area contributed by atoms with Crippen LogP contribution in [0.1, 0.15) is 60.3 Å². The van der Waals surface area contributed by atoms with Gasteiger partial charge in [-0.1, -0.05) is 38.8 Å². The van der Waals surface area contributed by atoms with Gasteiger partial charge in [0.15, 0.2) is 0 Å². The molecule has 0 saturated heterocycles. The van der Waals surface area contributed by atoms with E-state index in [-0.39, 0.29) is 23.4 Å². The van der Waals surface area contributed by atoms with Crippen molar-refractivity contribution in [3.8, 4) is 0 Å². The molecular formula is C17H28O2. The molecule has 0 aromatic carbocycles. The first-order valence-corrected chi connectivity index (χ1v) is 7.69. The molecule has 2 aliphatic carbocycles. The first-order chi connectivity index (χ1) is 8.84. The summed E-state index contributed by atoms with van der Waals surface area (Å²) in [7, 11) is 0. The molecule has 2 saturated carbocycles. The van der Waals surface area contributed by atoms with E-state index in [0.29, 0.717) is 11.8 Å². The van der Waals surface area contributed by atoms with Crippen molar-refractivity contribution in [1.82, 2.24) is 0 Å². The summed E-state index contributed by atoms with van der Waals surface area (Å²) in [4.78, 5) is 12.4. The number of esters is 1. The fourth-order valence-corrected chi connectivity index (χ4v) is 3.48. The molecule has 0 aromatic rings. The molecule has 4 unspecified atom stereocenters. The van der Waals surface area contributed by atoms with Crippen molar-refractivity contribution in [2.45, 2.75) is 66.4 Å². The Balaban J connectivity index is 1.95. The van der Waals surface area contributed by atoms with Crippen LogP contribution in [0.25, 0.3) is 0 Å². The fourth-order valence-electron chi connectivity index (χ4n) is 3.48. The molecule has 19 heavy (non-hydrogen) atoms. The number of ether oxygens (including phenoxy) is 1. The monoisotopic (exact) mass is 264 g/mol. The maximum atomic E-state index is 12.4. The van der Waals surface area contributed by atoms with E-state index in [9.17, 15) is 4.79 Å². The van der Waals surface area contributed by atoms with E-state index >= 15 is 0 Å². The molecule has 2 heteroatoms. The van der Waals surface area contributed by atoms with E-state index in [2.05, 4.69) is 40.7 Å².